The Morgan fingerprint density at radius 3 is 2.76 bits per heavy atom. The van der Waals surface area contributed by atoms with Crippen molar-refractivity contribution >= 4 is 35.0 Å². The molecule has 1 aliphatic carbocycles. The van der Waals surface area contributed by atoms with Gasteiger partial charge in [0, 0.05) is 17.2 Å². The third-order valence-electron chi connectivity index (χ3n) is 4.68. The molecule has 1 saturated heterocycles. The summed E-state index contributed by atoms with van der Waals surface area (Å²) in [6.45, 7) is -0.0833. The van der Waals surface area contributed by atoms with E-state index >= 15 is 0 Å². The average molecular weight is 366 g/mol. The molecule has 0 aromatic heterocycles. The third kappa shape index (κ3) is 2.94. The number of carboxylic acids is 1. The van der Waals surface area contributed by atoms with Gasteiger partial charge < -0.3 is 15.2 Å². The Kier molecular flexibility index (Phi) is 4.62. The number of ketones is 2. The van der Waals surface area contributed by atoms with Gasteiger partial charge in [-0.25, -0.2) is 0 Å². The first-order valence-corrected chi connectivity index (χ1v) is 8.20. The molecule has 1 aromatic rings. The number of ether oxygens (including phenoxy) is 1. The molecule has 1 fully saturated rings. The van der Waals surface area contributed by atoms with Gasteiger partial charge in [-0.15, -0.1) is 0 Å². The zero-order valence-corrected chi connectivity index (χ0v) is 14.0. The van der Waals surface area contributed by atoms with Crippen molar-refractivity contribution in [3.8, 4) is 0 Å². The smallest absolute Gasteiger partial charge is 0.322 e. The Balaban J connectivity index is 2.07. The monoisotopic (exact) mass is 365 g/mol. The Morgan fingerprint density at radius 2 is 2.12 bits per heavy atom. The summed E-state index contributed by atoms with van der Waals surface area (Å²) >= 11 is 5.99. The van der Waals surface area contributed by atoms with E-state index in [4.69, 9.17) is 21.4 Å². The first-order valence-electron chi connectivity index (χ1n) is 7.82. The number of carbonyl (C=O) groups is 4. The summed E-state index contributed by atoms with van der Waals surface area (Å²) in [4.78, 5) is 48.9. The van der Waals surface area contributed by atoms with Gasteiger partial charge >= 0.3 is 5.97 Å². The molecule has 1 heterocycles. The molecule has 8 heteroatoms. The molecule has 3 rings (SSSR count). The van der Waals surface area contributed by atoms with Crippen molar-refractivity contribution < 1.29 is 29.0 Å². The van der Waals surface area contributed by atoms with Crippen molar-refractivity contribution in [2.75, 3.05) is 19.8 Å². The fourth-order valence-electron chi connectivity index (χ4n) is 3.53. The molecule has 7 nitrogen and oxygen atoms in total. The predicted octanol–water partition coefficient (Wildman–Crippen LogP) is 0.971. The number of carbonyl (C=O) groups excluding carboxylic acids is 3. The summed E-state index contributed by atoms with van der Waals surface area (Å²) < 4.78 is 5.49. The van der Waals surface area contributed by atoms with Crippen molar-refractivity contribution in [2.24, 2.45) is 5.92 Å². The van der Waals surface area contributed by atoms with Gasteiger partial charge in [-0.2, -0.15) is 0 Å². The second kappa shape index (κ2) is 6.57. The average Bonchev–Trinajstić information content (AvgIpc) is 2.59. The summed E-state index contributed by atoms with van der Waals surface area (Å²) in [6, 6.07) is 4.68. The molecule has 1 unspecified atom stereocenters. The molecule has 1 amide bonds. The Morgan fingerprint density at radius 1 is 1.36 bits per heavy atom. The maximum absolute atomic E-state index is 13.1. The second-order valence-electron chi connectivity index (χ2n) is 6.20. The van der Waals surface area contributed by atoms with E-state index in [1.165, 1.54) is 6.07 Å². The van der Waals surface area contributed by atoms with E-state index < -0.39 is 41.3 Å². The largest absolute Gasteiger partial charge is 0.480 e. The molecule has 0 radical (unpaired) electrons. The van der Waals surface area contributed by atoms with Crippen LogP contribution in [0.4, 0.5) is 0 Å². The highest BCUT2D eigenvalue weighted by Gasteiger charge is 2.54. The van der Waals surface area contributed by atoms with Crippen LogP contribution in [0.25, 0.3) is 0 Å². The number of nitrogens with one attached hydrogen (secondary N) is 1. The minimum absolute atomic E-state index is 0.0798. The van der Waals surface area contributed by atoms with Crippen molar-refractivity contribution in [1.29, 1.82) is 0 Å². The van der Waals surface area contributed by atoms with E-state index in [1.807, 2.05) is 0 Å². The van der Waals surface area contributed by atoms with Gasteiger partial charge in [0.25, 0.3) is 0 Å². The number of carboxylic acid groups (broad SMARTS) is 1. The number of rotatable bonds is 3. The highest BCUT2D eigenvalue weighted by atomic mass is 35.5. The van der Waals surface area contributed by atoms with Crippen LogP contribution in [0.5, 0.6) is 0 Å². The molecule has 2 N–H and O–H groups in total. The molecular formula is C17H16ClNO6. The topological polar surface area (TPSA) is 110 Å². The number of aliphatic carboxylic acids is 1. The van der Waals surface area contributed by atoms with Gasteiger partial charge in [-0.1, -0.05) is 17.7 Å². The molecule has 1 aromatic carbocycles. The van der Waals surface area contributed by atoms with Crippen molar-refractivity contribution in [3.63, 3.8) is 0 Å². The van der Waals surface area contributed by atoms with Gasteiger partial charge in [0.1, 0.15) is 6.54 Å². The Hall–Kier alpha value is -2.25. The van der Waals surface area contributed by atoms with E-state index in [9.17, 15) is 19.2 Å². The lowest BCUT2D eigenvalue weighted by Gasteiger charge is -2.42. The Labute approximate surface area is 148 Å². The first kappa shape index (κ1) is 17.6. The number of halogens is 1. The first-order chi connectivity index (χ1) is 11.9. The van der Waals surface area contributed by atoms with E-state index in [2.05, 4.69) is 5.32 Å². The van der Waals surface area contributed by atoms with Gasteiger partial charge in [-0.05, 0) is 30.5 Å². The van der Waals surface area contributed by atoms with Crippen LogP contribution in [0.3, 0.4) is 0 Å². The number of hydrogen-bond acceptors (Lipinski definition) is 5. The van der Waals surface area contributed by atoms with E-state index in [0.29, 0.717) is 30.0 Å². The molecular weight excluding hydrogens is 350 g/mol. The SMILES string of the molecule is O=C(O)CNC(=O)C1C(=O)c2cc(Cl)ccc2[C@]2(CCCOC2)C1=O. The van der Waals surface area contributed by atoms with E-state index in [1.54, 1.807) is 12.1 Å². The van der Waals surface area contributed by atoms with Gasteiger partial charge in [0.15, 0.2) is 17.5 Å². The van der Waals surface area contributed by atoms with Gasteiger partial charge in [-0.3, -0.25) is 19.2 Å². The maximum Gasteiger partial charge on any atom is 0.322 e. The van der Waals surface area contributed by atoms with Crippen LogP contribution >= 0.6 is 11.6 Å². The molecule has 1 spiro atoms. The van der Waals surface area contributed by atoms with Crippen LogP contribution in [0, 0.1) is 5.92 Å². The molecule has 132 valence electrons. The summed E-state index contributed by atoms with van der Waals surface area (Å²) in [7, 11) is 0. The van der Waals surface area contributed by atoms with Crippen LogP contribution in [0.15, 0.2) is 18.2 Å². The van der Waals surface area contributed by atoms with Crippen LogP contribution < -0.4 is 5.32 Å². The van der Waals surface area contributed by atoms with Gasteiger partial charge in [0.05, 0.1) is 12.0 Å². The van der Waals surface area contributed by atoms with Crippen molar-refractivity contribution in [1.82, 2.24) is 5.32 Å². The normalized spacial score (nSPS) is 25.6. The summed E-state index contributed by atoms with van der Waals surface area (Å²) in [6.07, 6.45) is 1.07. The van der Waals surface area contributed by atoms with E-state index in [0.717, 1.165) is 0 Å². The lowest BCUT2D eigenvalue weighted by molar-refractivity contribution is -0.142. The highest BCUT2D eigenvalue weighted by Crippen LogP contribution is 2.43. The van der Waals surface area contributed by atoms with Crippen LogP contribution in [0.1, 0.15) is 28.8 Å². The lowest BCUT2D eigenvalue weighted by Crippen LogP contribution is -2.56. The summed E-state index contributed by atoms with van der Waals surface area (Å²) in [5.41, 5.74) is -0.348. The molecule has 2 atom stereocenters. The molecule has 1 aliphatic heterocycles. The Bertz CT molecular complexity index is 768. The zero-order chi connectivity index (χ0) is 18.2. The minimum atomic E-state index is -1.59. The number of benzene rings is 1. The van der Waals surface area contributed by atoms with Crippen LogP contribution in [0.2, 0.25) is 5.02 Å². The van der Waals surface area contributed by atoms with Crippen LogP contribution in [-0.2, 0) is 24.5 Å². The lowest BCUT2D eigenvalue weighted by atomic mass is 9.62. The number of fused-ring (bicyclic) bond motifs is 2. The predicted molar refractivity (Wildman–Crippen MR) is 86.7 cm³/mol. The quantitative estimate of drug-likeness (QED) is 0.772. The fourth-order valence-corrected chi connectivity index (χ4v) is 3.70. The van der Waals surface area contributed by atoms with Gasteiger partial charge in [0.2, 0.25) is 5.91 Å². The second-order valence-corrected chi connectivity index (χ2v) is 6.64. The fraction of sp³-hybridized carbons (Fsp3) is 0.412. The molecule has 0 bridgehead atoms. The van der Waals surface area contributed by atoms with E-state index in [-0.39, 0.29) is 12.2 Å². The van der Waals surface area contributed by atoms with Crippen molar-refractivity contribution in [3.05, 3.63) is 34.3 Å². The standard InChI is InChI=1S/C17H16ClNO6/c18-9-2-3-11-10(6-9)14(22)13(16(24)19-7-12(20)21)15(23)17(11)4-1-5-25-8-17/h2-3,6,13H,1,4-5,7-8H2,(H,19,24)(H,20,21)/t13?,17-/m1/s1. The number of hydrogen-bond donors (Lipinski definition) is 2. The number of Topliss-reactive ketones (excluding diaryl/α,β-unsaturated/α-hetero) is 2. The minimum Gasteiger partial charge on any atom is -0.480 e. The highest BCUT2D eigenvalue weighted by molar-refractivity contribution is 6.33. The summed E-state index contributed by atoms with van der Waals surface area (Å²) in [5, 5.41) is 11.2. The molecule has 0 saturated carbocycles. The zero-order valence-electron chi connectivity index (χ0n) is 13.2. The maximum atomic E-state index is 13.1. The van der Waals surface area contributed by atoms with Crippen LogP contribution in [-0.4, -0.2) is 48.3 Å². The number of amides is 1. The molecule has 2 aliphatic rings. The summed E-state index contributed by atoms with van der Waals surface area (Å²) in [5.74, 6) is -4.97. The van der Waals surface area contributed by atoms with Crippen molar-refractivity contribution in [2.45, 2.75) is 18.3 Å². The molecule has 25 heavy (non-hydrogen) atoms. The third-order valence-corrected chi connectivity index (χ3v) is 4.91.